The number of aromatic nitrogens is 3. The molecule has 0 aliphatic heterocycles. The molecule has 1 amide bonds. The second kappa shape index (κ2) is 10.0. The van der Waals surface area contributed by atoms with Crippen molar-refractivity contribution in [1.82, 2.24) is 19.9 Å². The second-order valence-electron chi connectivity index (χ2n) is 6.90. The zero-order valence-electron chi connectivity index (χ0n) is 17.8. The van der Waals surface area contributed by atoms with Crippen LogP contribution in [0.2, 0.25) is 5.02 Å². The number of fused-ring (bicyclic) bond motifs is 1. The van der Waals surface area contributed by atoms with Gasteiger partial charge in [-0.25, -0.2) is 4.52 Å². The number of hydrogen-bond donors (Lipinski definition) is 1. The van der Waals surface area contributed by atoms with Gasteiger partial charge in [-0.3, -0.25) is 4.79 Å². The minimum Gasteiger partial charge on any atom is -0.490 e. The van der Waals surface area contributed by atoms with E-state index in [9.17, 15) is 4.79 Å². The topological polar surface area (TPSA) is 77.8 Å². The first-order valence-electron chi connectivity index (χ1n) is 10.4. The lowest BCUT2D eigenvalue weighted by molar-refractivity contribution is 0.0953. The molecule has 0 unspecified atom stereocenters. The number of hydrogen-bond acceptors (Lipinski definition) is 6. The predicted octanol–water partition coefficient (Wildman–Crippen LogP) is 4.88. The molecule has 0 spiro atoms. The highest BCUT2D eigenvalue weighted by Crippen LogP contribution is 2.28. The van der Waals surface area contributed by atoms with E-state index in [1.54, 1.807) is 18.2 Å². The monoisotopic (exact) mass is 470 g/mol. The van der Waals surface area contributed by atoms with Crippen LogP contribution >= 0.6 is 22.9 Å². The molecule has 0 fully saturated rings. The SMILES string of the molecule is CCOc1ccc(C(=O)NCCc2csc3nc(-c4ccc(Cl)cc4)nn23)cc1OCC. The van der Waals surface area contributed by atoms with Crippen LogP contribution in [0.25, 0.3) is 16.3 Å². The molecule has 4 aromatic rings. The predicted molar refractivity (Wildman–Crippen MR) is 126 cm³/mol. The number of benzene rings is 2. The van der Waals surface area contributed by atoms with Gasteiger partial charge in [0.2, 0.25) is 4.96 Å². The van der Waals surface area contributed by atoms with Gasteiger partial charge in [0.05, 0.1) is 18.9 Å². The van der Waals surface area contributed by atoms with Gasteiger partial charge in [0.1, 0.15) is 0 Å². The van der Waals surface area contributed by atoms with Crippen LogP contribution in [0, 0.1) is 0 Å². The van der Waals surface area contributed by atoms with Gasteiger partial charge in [-0.05, 0) is 56.3 Å². The van der Waals surface area contributed by atoms with Crippen LogP contribution in [0.5, 0.6) is 11.5 Å². The molecule has 0 radical (unpaired) electrons. The summed E-state index contributed by atoms with van der Waals surface area (Å²) in [5, 5.41) is 10.3. The molecule has 32 heavy (non-hydrogen) atoms. The van der Waals surface area contributed by atoms with E-state index in [-0.39, 0.29) is 5.91 Å². The number of carbonyl (C=O) groups excluding carboxylic acids is 1. The van der Waals surface area contributed by atoms with E-state index in [0.29, 0.717) is 54.1 Å². The molecule has 9 heteroatoms. The van der Waals surface area contributed by atoms with Gasteiger partial charge in [0.15, 0.2) is 17.3 Å². The fourth-order valence-electron chi connectivity index (χ4n) is 3.22. The summed E-state index contributed by atoms with van der Waals surface area (Å²) in [7, 11) is 0. The molecule has 1 N–H and O–H groups in total. The number of thiazole rings is 1. The lowest BCUT2D eigenvalue weighted by Crippen LogP contribution is -2.26. The van der Waals surface area contributed by atoms with Crippen molar-refractivity contribution in [3.8, 4) is 22.9 Å². The molecule has 0 saturated heterocycles. The first-order chi connectivity index (χ1) is 15.6. The lowest BCUT2D eigenvalue weighted by Gasteiger charge is -2.12. The van der Waals surface area contributed by atoms with Gasteiger partial charge in [-0.1, -0.05) is 11.6 Å². The van der Waals surface area contributed by atoms with Crippen LogP contribution in [-0.4, -0.2) is 40.3 Å². The van der Waals surface area contributed by atoms with E-state index in [4.69, 9.17) is 21.1 Å². The first kappa shape index (κ1) is 22.1. The minimum atomic E-state index is -0.166. The summed E-state index contributed by atoms with van der Waals surface area (Å²) in [6.07, 6.45) is 0.629. The summed E-state index contributed by atoms with van der Waals surface area (Å²) < 4.78 is 13.0. The van der Waals surface area contributed by atoms with E-state index in [2.05, 4.69) is 15.4 Å². The molecular formula is C23H23ClN4O3S. The highest BCUT2D eigenvalue weighted by Gasteiger charge is 2.14. The molecular weight excluding hydrogens is 448 g/mol. The van der Waals surface area contributed by atoms with E-state index in [0.717, 1.165) is 16.2 Å². The summed E-state index contributed by atoms with van der Waals surface area (Å²) >= 11 is 7.48. The Bertz CT molecular complexity index is 1220. The van der Waals surface area contributed by atoms with Crippen molar-refractivity contribution in [2.75, 3.05) is 19.8 Å². The Morgan fingerprint density at radius 2 is 1.84 bits per heavy atom. The van der Waals surface area contributed by atoms with E-state index in [1.807, 2.05) is 48.0 Å². The van der Waals surface area contributed by atoms with Gasteiger partial charge in [0.25, 0.3) is 5.91 Å². The first-order valence-corrected chi connectivity index (χ1v) is 11.6. The van der Waals surface area contributed by atoms with Crippen LogP contribution in [-0.2, 0) is 6.42 Å². The third-order valence-electron chi connectivity index (χ3n) is 4.72. The van der Waals surface area contributed by atoms with Crippen LogP contribution in [0.15, 0.2) is 47.8 Å². The molecule has 0 atom stereocenters. The van der Waals surface area contributed by atoms with E-state index in [1.165, 1.54) is 11.3 Å². The Morgan fingerprint density at radius 1 is 1.09 bits per heavy atom. The van der Waals surface area contributed by atoms with Crippen molar-refractivity contribution < 1.29 is 14.3 Å². The number of halogens is 1. The Hall–Kier alpha value is -3.10. The van der Waals surface area contributed by atoms with Crippen molar-refractivity contribution in [2.45, 2.75) is 20.3 Å². The van der Waals surface area contributed by atoms with E-state index >= 15 is 0 Å². The fraction of sp³-hybridized carbons (Fsp3) is 0.261. The number of carbonyl (C=O) groups is 1. The minimum absolute atomic E-state index is 0.166. The van der Waals surface area contributed by atoms with Crippen molar-refractivity contribution in [1.29, 1.82) is 0 Å². The molecule has 0 aliphatic rings. The zero-order chi connectivity index (χ0) is 22.5. The highest BCUT2D eigenvalue weighted by atomic mass is 35.5. The molecule has 7 nitrogen and oxygen atoms in total. The van der Waals surface area contributed by atoms with Gasteiger partial charge in [-0.15, -0.1) is 16.4 Å². The van der Waals surface area contributed by atoms with Crippen LogP contribution in [0.3, 0.4) is 0 Å². The van der Waals surface area contributed by atoms with Gasteiger partial charge in [0, 0.05) is 34.5 Å². The molecule has 0 saturated carbocycles. The number of nitrogens with one attached hydrogen (secondary N) is 1. The summed E-state index contributed by atoms with van der Waals surface area (Å²) in [4.78, 5) is 18.0. The van der Waals surface area contributed by atoms with E-state index < -0.39 is 0 Å². The number of amides is 1. The smallest absolute Gasteiger partial charge is 0.251 e. The van der Waals surface area contributed by atoms with Crippen LogP contribution in [0.4, 0.5) is 0 Å². The zero-order valence-corrected chi connectivity index (χ0v) is 19.4. The summed E-state index contributed by atoms with van der Waals surface area (Å²) in [6.45, 7) is 5.30. The molecule has 0 aliphatic carbocycles. The standard InChI is InChI=1S/C23H23ClN4O3S/c1-3-30-19-10-7-16(13-20(19)31-4-2)22(29)25-12-11-18-14-32-23-26-21(27-28(18)23)15-5-8-17(24)9-6-15/h5-10,13-14H,3-4,11-12H2,1-2H3,(H,25,29). The van der Waals surface area contributed by atoms with Gasteiger partial charge >= 0.3 is 0 Å². The molecule has 2 heterocycles. The van der Waals surface area contributed by atoms with Gasteiger partial charge in [-0.2, -0.15) is 4.98 Å². The average Bonchev–Trinajstić information content (AvgIpc) is 3.37. The Kier molecular flexibility index (Phi) is 6.92. The van der Waals surface area contributed by atoms with Crippen LogP contribution < -0.4 is 14.8 Å². The number of rotatable bonds is 9. The Balaban J connectivity index is 1.41. The maximum Gasteiger partial charge on any atom is 0.251 e. The highest BCUT2D eigenvalue weighted by molar-refractivity contribution is 7.15. The fourth-order valence-corrected chi connectivity index (χ4v) is 4.20. The number of nitrogens with zero attached hydrogens (tertiary/aromatic N) is 3. The largest absolute Gasteiger partial charge is 0.490 e. The summed E-state index contributed by atoms with van der Waals surface area (Å²) in [5.74, 6) is 1.69. The molecule has 0 bridgehead atoms. The van der Waals surface area contributed by atoms with Crippen molar-refractivity contribution in [2.24, 2.45) is 0 Å². The molecule has 166 valence electrons. The maximum absolute atomic E-state index is 12.6. The second-order valence-corrected chi connectivity index (χ2v) is 8.17. The van der Waals surface area contributed by atoms with Gasteiger partial charge < -0.3 is 14.8 Å². The normalized spacial score (nSPS) is 11.0. The molecule has 4 rings (SSSR count). The molecule has 2 aromatic heterocycles. The van der Waals surface area contributed by atoms with Crippen molar-refractivity contribution >= 4 is 33.8 Å². The average molecular weight is 471 g/mol. The van der Waals surface area contributed by atoms with Crippen molar-refractivity contribution in [3.63, 3.8) is 0 Å². The third kappa shape index (κ3) is 4.87. The Labute approximate surface area is 195 Å². The lowest BCUT2D eigenvalue weighted by atomic mass is 10.2. The quantitative estimate of drug-likeness (QED) is 0.377. The Morgan fingerprint density at radius 3 is 2.59 bits per heavy atom. The van der Waals surface area contributed by atoms with Crippen molar-refractivity contribution in [3.05, 3.63) is 64.1 Å². The third-order valence-corrected chi connectivity index (χ3v) is 5.84. The summed E-state index contributed by atoms with van der Waals surface area (Å²) in [5.41, 5.74) is 2.42. The number of ether oxygens (including phenoxy) is 2. The summed E-state index contributed by atoms with van der Waals surface area (Å²) in [6, 6.07) is 12.6. The molecule has 2 aromatic carbocycles. The maximum atomic E-state index is 12.6. The van der Waals surface area contributed by atoms with Crippen LogP contribution in [0.1, 0.15) is 29.9 Å².